The van der Waals surface area contributed by atoms with Gasteiger partial charge in [-0.2, -0.15) is 0 Å². The predicted molar refractivity (Wildman–Crippen MR) is 76.0 cm³/mol. The van der Waals surface area contributed by atoms with E-state index in [-0.39, 0.29) is 12.5 Å². The summed E-state index contributed by atoms with van der Waals surface area (Å²) >= 11 is 0. The fraction of sp³-hybridized carbons (Fsp3) is 0.533. The minimum absolute atomic E-state index is 0.0567. The molecule has 1 aromatic rings. The largest absolute Gasteiger partial charge is 0.399 e. The van der Waals surface area contributed by atoms with Crippen LogP contribution in [0.15, 0.2) is 18.2 Å². The lowest BCUT2D eigenvalue weighted by Gasteiger charge is -2.37. The van der Waals surface area contributed by atoms with Crippen molar-refractivity contribution < 1.29 is 9.90 Å². The van der Waals surface area contributed by atoms with Gasteiger partial charge in [0.25, 0.3) is 5.91 Å². The van der Waals surface area contributed by atoms with Crippen LogP contribution < -0.4 is 5.73 Å². The van der Waals surface area contributed by atoms with Gasteiger partial charge in [0.05, 0.1) is 0 Å². The van der Waals surface area contributed by atoms with Crippen LogP contribution in [0.4, 0.5) is 5.69 Å². The maximum absolute atomic E-state index is 12.6. The summed E-state index contributed by atoms with van der Waals surface area (Å²) < 4.78 is 0. The molecule has 1 amide bonds. The van der Waals surface area contributed by atoms with Crippen LogP contribution in [-0.4, -0.2) is 35.1 Å². The molecule has 0 aliphatic heterocycles. The van der Waals surface area contributed by atoms with Crippen molar-refractivity contribution in [2.75, 3.05) is 18.9 Å². The first kappa shape index (κ1) is 13.9. The molecule has 0 aromatic heterocycles. The normalized spacial score (nSPS) is 15.1. The highest BCUT2D eigenvalue weighted by Gasteiger charge is 2.28. The minimum Gasteiger partial charge on any atom is -0.399 e. The Balaban J connectivity index is 2.15. The van der Waals surface area contributed by atoms with Gasteiger partial charge in [0.15, 0.2) is 0 Å². The number of hydrogen-bond donors (Lipinski definition) is 2. The van der Waals surface area contributed by atoms with Crippen LogP contribution in [0.1, 0.15) is 41.6 Å². The lowest BCUT2D eigenvalue weighted by molar-refractivity contribution is 0.0562. The van der Waals surface area contributed by atoms with Crippen molar-refractivity contribution in [3.05, 3.63) is 29.3 Å². The van der Waals surface area contributed by atoms with E-state index in [1.165, 1.54) is 6.42 Å². The molecule has 0 spiro atoms. The summed E-state index contributed by atoms with van der Waals surface area (Å²) in [6.45, 7) is 2.66. The molecule has 2 rings (SSSR count). The highest BCUT2D eigenvalue weighted by Crippen LogP contribution is 2.27. The number of anilines is 1. The van der Waals surface area contributed by atoms with E-state index < -0.39 is 0 Å². The standard InChI is InChI=1S/C15H22N2O2/c1-11-10-12(6-7-14(11)16)15(19)17(8-3-9-18)13-4-2-5-13/h6-7,10,13,18H,2-5,8-9,16H2,1H3. The van der Waals surface area contributed by atoms with Gasteiger partial charge < -0.3 is 15.7 Å². The number of hydrogen-bond acceptors (Lipinski definition) is 3. The van der Waals surface area contributed by atoms with E-state index >= 15 is 0 Å². The third kappa shape index (κ3) is 3.07. The van der Waals surface area contributed by atoms with E-state index in [4.69, 9.17) is 10.8 Å². The summed E-state index contributed by atoms with van der Waals surface area (Å²) in [7, 11) is 0. The summed E-state index contributed by atoms with van der Waals surface area (Å²) in [5.74, 6) is 0.0567. The van der Waals surface area contributed by atoms with Crippen molar-refractivity contribution in [1.82, 2.24) is 4.90 Å². The molecule has 0 radical (unpaired) electrons. The summed E-state index contributed by atoms with van der Waals surface area (Å²) in [5, 5.41) is 8.97. The summed E-state index contributed by atoms with van der Waals surface area (Å²) in [6.07, 6.45) is 3.97. The fourth-order valence-corrected chi connectivity index (χ4v) is 2.36. The number of nitrogen functional groups attached to an aromatic ring is 1. The molecule has 4 nitrogen and oxygen atoms in total. The Morgan fingerprint density at radius 3 is 2.74 bits per heavy atom. The van der Waals surface area contributed by atoms with Gasteiger partial charge in [0, 0.05) is 30.4 Å². The van der Waals surface area contributed by atoms with Crippen LogP contribution >= 0.6 is 0 Å². The lowest BCUT2D eigenvalue weighted by Crippen LogP contribution is -2.45. The zero-order valence-corrected chi connectivity index (χ0v) is 11.4. The molecule has 0 heterocycles. The number of benzene rings is 1. The number of rotatable bonds is 5. The number of nitrogens with two attached hydrogens (primary N) is 1. The molecular formula is C15H22N2O2. The number of nitrogens with zero attached hydrogens (tertiary/aromatic N) is 1. The Labute approximate surface area is 114 Å². The number of carbonyl (C=O) groups is 1. The first-order valence-corrected chi connectivity index (χ1v) is 6.91. The van der Waals surface area contributed by atoms with Crippen LogP contribution in [0.5, 0.6) is 0 Å². The summed E-state index contributed by atoms with van der Waals surface area (Å²) in [4.78, 5) is 14.5. The van der Waals surface area contributed by atoms with E-state index in [0.717, 1.165) is 18.4 Å². The summed E-state index contributed by atoms with van der Waals surface area (Å²) in [5.41, 5.74) is 8.12. The average molecular weight is 262 g/mol. The van der Waals surface area contributed by atoms with Crippen molar-refractivity contribution in [1.29, 1.82) is 0 Å². The Morgan fingerprint density at radius 1 is 1.47 bits per heavy atom. The number of carbonyl (C=O) groups excluding carboxylic acids is 1. The van der Waals surface area contributed by atoms with Gasteiger partial charge >= 0.3 is 0 Å². The predicted octanol–water partition coefficient (Wildman–Crippen LogP) is 1.95. The highest BCUT2D eigenvalue weighted by molar-refractivity contribution is 5.95. The van der Waals surface area contributed by atoms with Crippen LogP contribution in [0.3, 0.4) is 0 Å². The van der Waals surface area contributed by atoms with E-state index in [9.17, 15) is 4.79 Å². The Bertz CT molecular complexity index is 455. The van der Waals surface area contributed by atoms with Gasteiger partial charge in [-0.3, -0.25) is 4.79 Å². The smallest absolute Gasteiger partial charge is 0.254 e. The van der Waals surface area contributed by atoms with Gasteiger partial charge in [-0.15, -0.1) is 0 Å². The van der Waals surface area contributed by atoms with Gasteiger partial charge in [0.1, 0.15) is 0 Å². The topological polar surface area (TPSA) is 66.6 Å². The quantitative estimate of drug-likeness (QED) is 0.797. The van der Waals surface area contributed by atoms with E-state index in [0.29, 0.717) is 30.3 Å². The Morgan fingerprint density at radius 2 is 2.21 bits per heavy atom. The number of aliphatic hydroxyl groups excluding tert-OH is 1. The maximum Gasteiger partial charge on any atom is 0.254 e. The second kappa shape index (κ2) is 6.06. The van der Waals surface area contributed by atoms with Crippen molar-refractivity contribution in [3.63, 3.8) is 0 Å². The number of aryl methyl sites for hydroxylation is 1. The maximum atomic E-state index is 12.6. The van der Waals surface area contributed by atoms with Crippen molar-refractivity contribution in [3.8, 4) is 0 Å². The average Bonchev–Trinajstić information content (AvgIpc) is 2.34. The van der Waals surface area contributed by atoms with Crippen molar-refractivity contribution in [2.24, 2.45) is 0 Å². The third-order valence-corrected chi connectivity index (χ3v) is 3.85. The molecular weight excluding hydrogens is 240 g/mol. The minimum atomic E-state index is 0.0567. The molecule has 0 bridgehead atoms. The monoisotopic (exact) mass is 262 g/mol. The highest BCUT2D eigenvalue weighted by atomic mass is 16.3. The molecule has 1 fully saturated rings. The van der Waals surface area contributed by atoms with Crippen molar-refractivity contribution in [2.45, 2.75) is 38.6 Å². The molecule has 4 heteroatoms. The van der Waals surface area contributed by atoms with Crippen LogP contribution in [-0.2, 0) is 0 Å². The molecule has 1 saturated carbocycles. The molecule has 0 saturated heterocycles. The van der Waals surface area contributed by atoms with Crippen LogP contribution in [0, 0.1) is 6.92 Å². The van der Waals surface area contributed by atoms with Gasteiger partial charge in [-0.1, -0.05) is 0 Å². The molecule has 19 heavy (non-hydrogen) atoms. The van der Waals surface area contributed by atoms with E-state index in [1.54, 1.807) is 12.1 Å². The molecule has 1 aliphatic rings. The second-order valence-electron chi connectivity index (χ2n) is 5.23. The first-order chi connectivity index (χ1) is 9.13. The summed E-state index contributed by atoms with van der Waals surface area (Å²) in [6, 6.07) is 5.77. The third-order valence-electron chi connectivity index (χ3n) is 3.85. The van der Waals surface area contributed by atoms with Gasteiger partial charge in [-0.25, -0.2) is 0 Å². The first-order valence-electron chi connectivity index (χ1n) is 6.91. The van der Waals surface area contributed by atoms with E-state index in [1.807, 2.05) is 17.9 Å². The SMILES string of the molecule is Cc1cc(C(=O)N(CCCO)C2CCC2)ccc1N. The van der Waals surface area contributed by atoms with Gasteiger partial charge in [-0.05, 0) is 56.4 Å². The van der Waals surface area contributed by atoms with Crippen molar-refractivity contribution >= 4 is 11.6 Å². The molecule has 3 N–H and O–H groups in total. The number of amides is 1. The van der Waals surface area contributed by atoms with Gasteiger partial charge in [0.2, 0.25) is 0 Å². The lowest BCUT2D eigenvalue weighted by atomic mass is 9.90. The van der Waals surface area contributed by atoms with Crippen LogP contribution in [0.2, 0.25) is 0 Å². The zero-order chi connectivity index (χ0) is 13.8. The van der Waals surface area contributed by atoms with E-state index in [2.05, 4.69) is 0 Å². The fourth-order valence-electron chi connectivity index (χ4n) is 2.36. The Kier molecular flexibility index (Phi) is 4.43. The Hall–Kier alpha value is -1.55. The molecule has 0 unspecified atom stereocenters. The van der Waals surface area contributed by atoms with Crippen LogP contribution in [0.25, 0.3) is 0 Å². The molecule has 104 valence electrons. The number of aliphatic hydroxyl groups is 1. The molecule has 0 atom stereocenters. The second-order valence-corrected chi connectivity index (χ2v) is 5.23. The zero-order valence-electron chi connectivity index (χ0n) is 11.4. The molecule has 1 aliphatic carbocycles. The molecule has 1 aromatic carbocycles.